The highest BCUT2D eigenvalue weighted by Gasteiger charge is 2.50. The molecule has 0 aromatic heterocycles. The summed E-state index contributed by atoms with van der Waals surface area (Å²) >= 11 is 0. The first-order valence-electron chi connectivity index (χ1n) is 29.6. The van der Waals surface area contributed by atoms with Gasteiger partial charge in [-0.15, -0.1) is 0 Å². The van der Waals surface area contributed by atoms with Crippen molar-refractivity contribution in [2.45, 2.75) is 174 Å². The third-order valence-electron chi connectivity index (χ3n) is 20.4. The fraction of sp³-hybridized carbons (Fsp3) is 0.360. The topological polar surface area (TPSA) is 9.72 Å². The fourth-order valence-electron chi connectivity index (χ4n) is 16.4. The van der Waals surface area contributed by atoms with Crippen molar-refractivity contribution in [3.05, 3.63) is 213 Å². The number of para-hydroxylation sites is 2. The molecule has 8 aromatic rings. The number of rotatable bonds is 7. The molecule has 0 fully saturated rings. The average Bonchev–Trinajstić information content (AvgIpc) is 3.80. The first-order chi connectivity index (χ1) is 37.2. The number of hydrogen-bond donors (Lipinski definition) is 0. The Hall–Kier alpha value is -6.78. The van der Waals surface area contributed by atoms with Gasteiger partial charge in [0.2, 0.25) is 0 Å². The molecule has 400 valence electrons. The molecule has 13 rings (SSSR count). The monoisotopic (exact) mass is 1040 g/mol. The Bertz CT molecular complexity index is 3760. The summed E-state index contributed by atoms with van der Waals surface area (Å²) in [5.74, 6) is 0. The lowest BCUT2D eigenvalue weighted by atomic mass is 9.33. The zero-order chi connectivity index (χ0) is 55.7. The Morgan fingerprint density at radius 1 is 0.367 bits per heavy atom. The third-order valence-corrected chi connectivity index (χ3v) is 20.4. The molecule has 0 unspecified atom stereocenters. The summed E-state index contributed by atoms with van der Waals surface area (Å²) in [5, 5.41) is 0. The second-order valence-electron chi connectivity index (χ2n) is 29.3. The molecule has 0 amide bonds. The van der Waals surface area contributed by atoms with Crippen molar-refractivity contribution in [2.24, 2.45) is 0 Å². The predicted octanol–water partition coefficient (Wildman–Crippen LogP) is 18.4. The van der Waals surface area contributed by atoms with Crippen LogP contribution < -0.4 is 31.1 Å². The van der Waals surface area contributed by atoms with Crippen molar-refractivity contribution in [2.75, 3.05) is 14.7 Å². The summed E-state index contributed by atoms with van der Waals surface area (Å²) in [6.07, 6.45) is 4.53. The second-order valence-corrected chi connectivity index (χ2v) is 29.3. The van der Waals surface area contributed by atoms with E-state index in [1.807, 2.05) is 0 Å². The lowest BCUT2D eigenvalue weighted by molar-refractivity contribution is 0.332. The zero-order valence-electron chi connectivity index (χ0n) is 50.3. The van der Waals surface area contributed by atoms with Gasteiger partial charge in [0, 0.05) is 50.9 Å². The van der Waals surface area contributed by atoms with Crippen LogP contribution in [0.5, 0.6) is 0 Å². The molecule has 5 aliphatic rings. The molecule has 0 saturated carbocycles. The number of nitrogens with zero attached hydrogens (tertiary/aromatic N) is 3. The van der Waals surface area contributed by atoms with E-state index in [0.717, 1.165) is 42.7 Å². The smallest absolute Gasteiger partial charge is 0.252 e. The maximum atomic E-state index is 2.76. The molecule has 0 radical (unpaired) electrons. The van der Waals surface area contributed by atoms with Gasteiger partial charge in [0.1, 0.15) is 0 Å². The summed E-state index contributed by atoms with van der Waals surface area (Å²) in [6.45, 7) is 39.3. The van der Waals surface area contributed by atoms with Crippen LogP contribution in [0, 0.1) is 13.8 Å². The number of benzene rings is 8. The van der Waals surface area contributed by atoms with Crippen LogP contribution in [0.4, 0.5) is 51.2 Å². The largest absolute Gasteiger partial charge is 0.311 e. The van der Waals surface area contributed by atoms with Gasteiger partial charge in [-0.25, -0.2) is 0 Å². The van der Waals surface area contributed by atoms with Crippen LogP contribution in [0.15, 0.2) is 158 Å². The summed E-state index contributed by atoms with van der Waals surface area (Å²) in [7, 11) is 0. The quantitative estimate of drug-likeness (QED) is 0.147. The van der Waals surface area contributed by atoms with E-state index in [-0.39, 0.29) is 44.6 Å². The molecule has 3 aliphatic carbocycles. The van der Waals surface area contributed by atoms with E-state index in [4.69, 9.17) is 0 Å². The van der Waals surface area contributed by atoms with Gasteiger partial charge in [-0.3, -0.25) is 0 Å². The van der Waals surface area contributed by atoms with E-state index in [0.29, 0.717) is 0 Å². The predicted molar refractivity (Wildman–Crippen MR) is 340 cm³/mol. The van der Waals surface area contributed by atoms with E-state index in [2.05, 4.69) is 283 Å². The molecule has 79 heavy (non-hydrogen) atoms. The molecule has 2 aliphatic heterocycles. The molecular weight excluding hydrogens is 954 g/mol. The number of anilines is 9. The lowest BCUT2D eigenvalue weighted by Crippen LogP contribution is -2.62. The molecule has 3 nitrogen and oxygen atoms in total. The molecule has 0 spiro atoms. The SMILES string of the molecule is Cc1cc2c(cc1N1c3cc(C(C)(C)c4ccccc4)ccc3B3c4cc5c(cc4N(c4cc6c(cc4C)C(C)(C)CC6(C)C)c4cc(N(c6ccccc6)c6ccccc6)cc1c43)C(C)(C)CCC5(C)C)C(C)(C)CC2(C)C. The van der Waals surface area contributed by atoms with E-state index >= 15 is 0 Å². The highest BCUT2D eigenvalue weighted by atomic mass is 15.2. The first kappa shape index (κ1) is 51.6. The van der Waals surface area contributed by atoms with E-state index < -0.39 is 0 Å². The summed E-state index contributed by atoms with van der Waals surface area (Å²) < 4.78 is 0. The molecular formula is C75H82BN3. The molecule has 0 N–H and O–H groups in total. The molecule has 4 heteroatoms. The van der Waals surface area contributed by atoms with Crippen molar-refractivity contribution < 1.29 is 0 Å². The van der Waals surface area contributed by atoms with Gasteiger partial charge in [0.25, 0.3) is 6.71 Å². The van der Waals surface area contributed by atoms with E-state index in [1.54, 1.807) is 0 Å². The van der Waals surface area contributed by atoms with Crippen molar-refractivity contribution in [1.82, 2.24) is 0 Å². The molecule has 2 heterocycles. The van der Waals surface area contributed by atoms with Crippen molar-refractivity contribution in [3.8, 4) is 0 Å². The van der Waals surface area contributed by atoms with Crippen LogP contribution >= 0.6 is 0 Å². The number of fused-ring (bicyclic) bond motifs is 7. The summed E-state index contributed by atoms with van der Waals surface area (Å²) in [6, 6.07) is 61.8. The average molecular weight is 1040 g/mol. The van der Waals surface area contributed by atoms with Gasteiger partial charge in [0.05, 0.1) is 5.69 Å². The van der Waals surface area contributed by atoms with Crippen molar-refractivity contribution in [1.29, 1.82) is 0 Å². The maximum Gasteiger partial charge on any atom is 0.252 e. The molecule has 0 bridgehead atoms. The molecule has 0 atom stereocenters. The lowest BCUT2D eigenvalue weighted by Gasteiger charge is -2.48. The van der Waals surface area contributed by atoms with Crippen molar-refractivity contribution >= 4 is 74.3 Å². The van der Waals surface area contributed by atoms with E-state index in [9.17, 15) is 0 Å². The Labute approximate surface area is 474 Å². The minimum atomic E-state index is -0.269. The van der Waals surface area contributed by atoms with Crippen LogP contribution in [0.2, 0.25) is 0 Å². The number of aryl methyl sites for hydroxylation is 2. The Morgan fingerprint density at radius 3 is 1.23 bits per heavy atom. The maximum absolute atomic E-state index is 2.76. The van der Waals surface area contributed by atoms with Gasteiger partial charge < -0.3 is 14.7 Å². The Morgan fingerprint density at radius 2 is 0.759 bits per heavy atom. The van der Waals surface area contributed by atoms with Gasteiger partial charge in [-0.1, -0.05) is 194 Å². The van der Waals surface area contributed by atoms with Crippen LogP contribution in [-0.4, -0.2) is 6.71 Å². The summed E-state index contributed by atoms with van der Waals surface area (Å²) in [4.78, 5) is 8.00. The highest BCUT2D eigenvalue weighted by molar-refractivity contribution is 7.00. The minimum absolute atomic E-state index is 0.00112. The molecule has 0 saturated heterocycles. The van der Waals surface area contributed by atoms with Crippen molar-refractivity contribution in [3.63, 3.8) is 0 Å². The first-order valence-corrected chi connectivity index (χ1v) is 29.6. The summed E-state index contributed by atoms with van der Waals surface area (Å²) in [5.41, 5.74) is 29.1. The normalized spacial score (nSPS) is 19.0. The minimum Gasteiger partial charge on any atom is -0.311 e. The Kier molecular flexibility index (Phi) is 11.2. The van der Waals surface area contributed by atoms with E-state index in [1.165, 1.54) is 106 Å². The van der Waals surface area contributed by atoms with Gasteiger partial charge in [-0.2, -0.15) is 0 Å². The second kappa shape index (κ2) is 17.1. The van der Waals surface area contributed by atoms with Crippen LogP contribution in [0.3, 0.4) is 0 Å². The third kappa shape index (κ3) is 7.80. The van der Waals surface area contributed by atoms with Crippen LogP contribution in [-0.2, 0) is 37.9 Å². The molecule has 8 aromatic carbocycles. The van der Waals surface area contributed by atoms with Crippen LogP contribution in [0.1, 0.15) is 178 Å². The standard InChI is InChI=1S/C75H82BN3/c1-47-36-54-58(73(11,12)45-71(54,7)8)42-62(47)78-64-38-50(75(15,16)49-26-20-17-21-27-49)32-33-60(64)76-61-41-56-57(70(5,6)35-34-69(56,3)4)44-65(61)79(63-43-59-55(37-48(63)2)72(9,10)46-74(59,13)14)67-40-53(39-66(78)68(67)76)77(51-28-22-18-23-29-51)52-30-24-19-25-31-52/h17-33,36-44H,34-35,45-46H2,1-16H3. The van der Waals surface area contributed by atoms with Crippen LogP contribution in [0.25, 0.3) is 0 Å². The highest BCUT2D eigenvalue weighted by Crippen LogP contribution is 2.57. The van der Waals surface area contributed by atoms with Gasteiger partial charge in [0.15, 0.2) is 0 Å². The van der Waals surface area contributed by atoms with Gasteiger partial charge >= 0.3 is 0 Å². The van der Waals surface area contributed by atoms with Gasteiger partial charge in [-0.05, 0) is 205 Å². The zero-order valence-corrected chi connectivity index (χ0v) is 50.3. The fourth-order valence-corrected chi connectivity index (χ4v) is 16.4. The number of hydrogen-bond acceptors (Lipinski definition) is 3. The Balaban J connectivity index is 1.21.